The van der Waals surface area contributed by atoms with E-state index in [9.17, 15) is 14.7 Å². The molecule has 2 aromatic rings. The van der Waals surface area contributed by atoms with Crippen molar-refractivity contribution < 1.29 is 39.1 Å². The molecule has 1 heterocycles. The minimum Gasteiger partial charge on any atom is -0.493 e. The summed E-state index contributed by atoms with van der Waals surface area (Å²) in [5.41, 5.74) is 5.48. The summed E-state index contributed by atoms with van der Waals surface area (Å²) in [6, 6.07) is 9.47. The summed E-state index contributed by atoms with van der Waals surface area (Å²) in [5, 5.41) is 25.0. The monoisotopic (exact) mass is 491 g/mol. The van der Waals surface area contributed by atoms with E-state index >= 15 is 0 Å². The number of thiophene rings is 1. The fraction of sp³-hybridized carbons (Fsp3) is 0.333. The van der Waals surface area contributed by atoms with Gasteiger partial charge in [-0.25, -0.2) is 9.59 Å². The van der Waals surface area contributed by atoms with Crippen molar-refractivity contribution in [1.29, 1.82) is 0 Å². The van der Waals surface area contributed by atoms with Gasteiger partial charge in [-0.05, 0) is 43.0 Å². The summed E-state index contributed by atoms with van der Waals surface area (Å²) < 4.78 is 16.1. The van der Waals surface area contributed by atoms with Crippen LogP contribution in [-0.4, -0.2) is 54.3 Å². The van der Waals surface area contributed by atoms with Gasteiger partial charge in [0.2, 0.25) is 0 Å². The first-order chi connectivity index (χ1) is 16.2. The first-order valence-corrected chi connectivity index (χ1v) is 11.0. The number of carboxylic acid groups (broad SMARTS) is 2. The second kappa shape index (κ2) is 15.3. The topological polar surface area (TPSA) is 149 Å². The molecule has 1 aromatic heterocycles. The number of nitrogens with two attached hydrogens (primary N) is 1. The van der Waals surface area contributed by atoms with Crippen LogP contribution in [0.3, 0.4) is 0 Å². The molecule has 0 aliphatic heterocycles. The number of aryl methyl sites for hydroxylation is 1. The van der Waals surface area contributed by atoms with Crippen LogP contribution in [0.1, 0.15) is 23.1 Å². The molecule has 184 valence electrons. The third-order valence-corrected chi connectivity index (χ3v) is 5.40. The van der Waals surface area contributed by atoms with Crippen LogP contribution in [0.15, 0.2) is 42.5 Å². The third-order valence-electron chi connectivity index (χ3n) is 4.34. The van der Waals surface area contributed by atoms with Gasteiger partial charge in [-0.15, -0.1) is 11.3 Å². The lowest BCUT2D eigenvalue weighted by Crippen LogP contribution is -2.27. The number of aliphatic hydroxyl groups is 1. The first-order valence-electron chi connectivity index (χ1n) is 10.2. The lowest BCUT2D eigenvalue weighted by molar-refractivity contribution is -0.134. The van der Waals surface area contributed by atoms with Gasteiger partial charge in [0, 0.05) is 23.1 Å². The fourth-order valence-electron chi connectivity index (χ4n) is 2.41. The number of aliphatic carboxylic acids is 2. The van der Waals surface area contributed by atoms with Crippen LogP contribution in [0.4, 0.5) is 0 Å². The smallest absolute Gasteiger partial charge is 0.328 e. The van der Waals surface area contributed by atoms with Crippen LogP contribution < -0.4 is 19.9 Å². The van der Waals surface area contributed by atoms with Crippen LogP contribution in [-0.2, 0) is 16.0 Å². The highest BCUT2D eigenvalue weighted by atomic mass is 32.1. The van der Waals surface area contributed by atoms with Crippen LogP contribution >= 0.6 is 11.3 Å². The normalized spacial score (nSPS) is 11.9. The van der Waals surface area contributed by atoms with Gasteiger partial charge in [0.25, 0.3) is 0 Å². The molecule has 0 radical (unpaired) electrons. The average molecular weight is 492 g/mol. The second-order valence-corrected chi connectivity index (χ2v) is 8.06. The van der Waals surface area contributed by atoms with Gasteiger partial charge < -0.3 is 35.3 Å². The average Bonchev–Trinajstić information content (AvgIpc) is 3.26. The molecule has 2 atom stereocenters. The zero-order chi connectivity index (χ0) is 25.5. The Kier molecular flexibility index (Phi) is 12.9. The summed E-state index contributed by atoms with van der Waals surface area (Å²) in [6.45, 7) is 2.24. The van der Waals surface area contributed by atoms with E-state index in [1.165, 1.54) is 4.88 Å². The van der Waals surface area contributed by atoms with E-state index in [-0.39, 0.29) is 5.92 Å². The van der Waals surface area contributed by atoms with E-state index in [1.807, 2.05) is 19.1 Å². The molecule has 10 heteroatoms. The van der Waals surface area contributed by atoms with Crippen molar-refractivity contribution in [1.82, 2.24) is 0 Å². The predicted octanol–water partition coefficient (Wildman–Crippen LogP) is 2.75. The minimum atomic E-state index is -1.26. The summed E-state index contributed by atoms with van der Waals surface area (Å²) in [5.74, 6) is 5.66. The van der Waals surface area contributed by atoms with Crippen molar-refractivity contribution in [3.05, 3.63) is 52.2 Å². The van der Waals surface area contributed by atoms with Crippen LogP contribution in [0.5, 0.6) is 17.2 Å². The van der Waals surface area contributed by atoms with Crippen molar-refractivity contribution in [2.75, 3.05) is 20.8 Å². The van der Waals surface area contributed by atoms with E-state index in [1.54, 1.807) is 37.7 Å². The first kappa shape index (κ1) is 28.5. The van der Waals surface area contributed by atoms with Gasteiger partial charge in [-0.3, -0.25) is 0 Å². The number of carboxylic acids is 2. The Morgan fingerprint density at radius 3 is 2.29 bits per heavy atom. The number of carbonyl (C=O) groups is 2. The van der Waals surface area contributed by atoms with Crippen molar-refractivity contribution >= 4 is 23.3 Å². The fourth-order valence-corrected chi connectivity index (χ4v) is 3.31. The summed E-state index contributed by atoms with van der Waals surface area (Å²) in [4.78, 5) is 21.3. The molecule has 1 unspecified atom stereocenters. The molecule has 0 saturated carbocycles. The van der Waals surface area contributed by atoms with E-state index in [2.05, 4.69) is 17.9 Å². The lowest BCUT2D eigenvalue weighted by Gasteiger charge is -2.12. The van der Waals surface area contributed by atoms with E-state index in [4.69, 9.17) is 30.2 Å². The van der Waals surface area contributed by atoms with Gasteiger partial charge in [0.15, 0.2) is 11.5 Å². The molecule has 0 amide bonds. The van der Waals surface area contributed by atoms with Crippen LogP contribution in [0.25, 0.3) is 0 Å². The molecular weight excluding hydrogens is 462 g/mol. The second-order valence-electron chi connectivity index (χ2n) is 6.89. The molecule has 9 nitrogen and oxygen atoms in total. The molecule has 0 fully saturated rings. The zero-order valence-electron chi connectivity index (χ0n) is 19.2. The van der Waals surface area contributed by atoms with Crippen molar-refractivity contribution in [2.24, 2.45) is 11.7 Å². The van der Waals surface area contributed by atoms with Gasteiger partial charge in [-0.2, -0.15) is 0 Å². The number of hydrogen-bond acceptors (Lipinski definition) is 8. The van der Waals surface area contributed by atoms with Crippen molar-refractivity contribution in [2.45, 2.75) is 26.0 Å². The van der Waals surface area contributed by atoms with Gasteiger partial charge in [0.1, 0.15) is 18.6 Å². The molecular formula is C24H29NO8S. The molecule has 5 N–H and O–H groups in total. The van der Waals surface area contributed by atoms with E-state index in [0.717, 1.165) is 17.7 Å². The molecule has 1 aromatic carbocycles. The Labute approximate surface area is 202 Å². The third kappa shape index (κ3) is 11.4. The Morgan fingerprint density at radius 1 is 1.09 bits per heavy atom. The van der Waals surface area contributed by atoms with Gasteiger partial charge in [0.05, 0.1) is 19.1 Å². The van der Waals surface area contributed by atoms with E-state index < -0.39 is 18.2 Å². The molecule has 0 spiro atoms. The molecule has 0 bridgehead atoms. The highest BCUT2D eigenvalue weighted by Gasteiger charge is 2.09. The Bertz CT molecular complexity index is 1000. The quantitative estimate of drug-likeness (QED) is 0.224. The van der Waals surface area contributed by atoms with Crippen LogP contribution in [0, 0.1) is 17.8 Å². The maximum absolute atomic E-state index is 9.55. The zero-order valence-corrected chi connectivity index (χ0v) is 20.0. The Hall–Kier alpha value is -3.52. The molecule has 34 heavy (non-hydrogen) atoms. The molecule has 0 saturated heterocycles. The van der Waals surface area contributed by atoms with E-state index in [0.29, 0.717) is 36.0 Å². The minimum absolute atomic E-state index is 0.0847. The maximum Gasteiger partial charge on any atom is 0.328 e. The number of ether oxygens (including phenoxy) is 3. The lowest BCUT2D eigenvalue weighted by atomic mass is 10.0. The summed E-state index contributed by atoms with van der Waals surface area (Å²) in [7, 11) is 3.18. The number of hydrogen-bond donors (Lipinski definition) is 4. The SMILES string of the molecule is COc1ccc(OCC#Cc2ccc(CC[C@@H](C)C(N)O)s2)cc1OC.O=C(O)C=CC(=O)O. The Balaban J connectivity index is 0.000000620. The van der Waals surface area contributed by atoms with Gasteiger partial charge in [-0.1, -0.05) is 18.8 Å². The largest absolute Gasteiger partial charge is 0.493 e. The molecule has 2 rings (SSSR count). The maximum atomic E-state index is 9.55. The summed E-state index contributed by atoms with van der Waals surface area (Å²) in [6.07, 6.45) is 2.10. The summed E-state index contributed by atoms with van der Waals surface area (Å²) >= 11 is 1.66. The number of aliphatic hydroxyl groups excluding tert-OH is 1. The highest BCUT2D eigenvalue weighted by Crippen LogP contribution is 2.30. The number of rotatable bonds is 10. The molecule has 0 aliphatic carbocycles. The number of methoxy groups -OCH3 is 2. The van der Waals surface area contributed by atoms with Crippen molar-refractivity contribution in [3.8, 4) is 29.1 Å². The predicted molar refractivity (Wildman–Crippen MR) is 128 cm³/mol. The highest BCUT2D eigenvalue weighted by molar-refractivity contribution is 7.12. The van der Waals surface area contributed by atoms with Gasteiger partial charge >= 0.3 is 11.9 Å². The van der Waals surface area contributed by atoms with Crippen molar-refractivity contribution in [3.63, 3.8) is 0 Å². The van der Waals surface area contributed by atoms with Crippen LogP contribution in [0.2, 0.25) is 0 Å². The standard InChI is InChI=1S/C20H25NO4S.C4H4O4/c1-14(20(21)22)6-8-17-10-9-16(26-17)5-4-12-25-15-7-11-18(23-2)19(13-15)24-3;5-3(6)1-2-4(7)8/h7,9-11,13-14,20,22H,6,8,12,21H2,1-3H3;1-2H,(H,5,6)(H,7,8)/t14-,20?;/m1./s1. The Morgan fingerprint density at radius 2 is 1.74 bits per heavy atom. The molecule has 0 aliphatic rings. The number of benzene rings is 1.